The zero-order valence-corrected chi connectivity index (χ0v) is 14.4. The second-order valence-corrected chi connectivity index (χ2v) is 7.09. The van der Waals surface area contributed by atoms with Crippen LogP contribution >= 0.6 is 11.6 Å². The maximum atomic E-state index is 11.8. The molecule has 4 rings (SSSR count). The Bertz CT molecular complexity index is 791. The number of likely N-dealkylation sites (tertiary alicyclic amines) is 1. The zero-order valence-electron chi connectivity index (χ0n) is 13.7. The van der Waals surface area contributed by atoms with Crippen molar-refractivity contribution >= 4 is 17.5 Å². The van der Waals surface area contributed by atoms with Crippen LogP contribution in [0.2, 0.25) is 5.02 Å². The van der Waals surface area contributed by atoms with Crippen LogP contribution in [0.1, 0.15) is 35.6 Å². The third-order valence-corrected chi connectivity index (χ3v) is 5.31. The molecule has 0 aliphatic carbocycles. The number of hydrogen-bond acceptors (Lipinski definition) is 5. The number of nitrogens with zero attached hydrogens (tertiary/aromatic N) is 3. The Hall–Kier alpha value is -2.02. The van der Waals surface area contributed by atoms with Gasteiger partial charge >= 0.3 is 0 Å². The van der Waals surface area contributed by atoms with Crippen LogP contribution in [0.4, 0.5) is 0 Å². The van der Waals surface area contributed by atoms with E-state index in [9.17, 15) is 4.79 Å². The first kappa shape index (κ1) is 16.4. The minimum Gasteiger partial charge on any atom is -0.367 e. The average Bonchev–Trinajstić information content (AvgIpc) is 2.92. The Morgan fingerprint density at radius 1 is 1.32 bits per heavy atom. The van der Waals surface area contributed by atoms with Gasteiger partial charge in [-0.1, -0.05) is 17.7 Å². The van der Waals surface area contributed by atoms with Gasteiger partial charge in [-0.15, -0.1) is 0 Å². The second-order valence-electron chi connectivity index (χ2n) is 6.65. The molecular formula is C18H19ClN4O2. The molecule has 2 aromatic rings. The molecule has 1 amide bonds. The summed E-state index contributed by atoms with van der Waals surface area (Å²) in [5.74, 6) is -0.454. The SMILES string of the molecule is NC(=O)C1OC2(CCN(Cc3cncnc3)CC2)c2cc(Cl)ccc21. The Morgan fingerprint density at radius 3 is 2.72 bits per heavy atom. The summed E-state index contributed by atoms with van der Waals surface area (Å²) in [5, 5.41) is 0.649. The number of primary amides is 1. The number of hydrogen-bond donors (Lipinski definition) is 1. The van der Waals surface area contributed by atoms with Crippen LogP contribution in [-0.2, 0) is 21.7 Å². The van der Waals surface area contributed by atoms with Gasteiger partial charge in [0.2, 0.25) is 0 Å². The van der Waals surface area contributed by atoms with E-state index in [1.165, 1.54) is 6.33 Å². The fourth-order valence-electron chi connectivity index (χ4n) is 3.84. The van der Waals surface area contributed by atoms with Crippen LogP contribution in [-0.4, -0.2) is 33.9 Å². The summed E-state index contributed by atoms with van der Waals surface area (Å²) >= 11 is 6.19. The molecule has 1 atom stereocenters. The van der Waals surface area contributed by atoms with Gasteiger partial charge in [-0.25, -0.2) is 9.97 Å². The molecule has 2 N–H and O–H groups in total. The standard InChI is InChI=1S/C18H19ClN4O2/c19-13-1-2-14-15(7-13)18(25-16(14)17(20)24)3-5-23(6-4-18)10-12-8-21-11-22-9-12/h1-2,7-9,11,16H,3-6,10H2,(H2,20,24). The van der Waals surface area contributed by atoms with Crippen molar-refractivity contribution in [1.29, 1.82) is 0 Å². The van der Waals surface area contributed by atoms with Gasteiger partial charge in [0.1, 0.15) is 6.33 Å². The van der Waals surface area contributed by atoms with Crippen molar-refractivity contribution in [3.8, 4) is 0 Å². The first-order valence-corrected chi connectivity index (χ1v) is 8.68. The minimum absolute atomic E-state index is 0.454. The molecule has 3 heterocycles. The zero-order chi connectivity index (χ0) is 17.4. The fourth-order valence-corrected chi connectivity index (χ4v) is 4.02. The summed E-state index contributed by atoms with van der Waals surface area (Å²) in [6, 6.07) is 5.55. The normalized spacial score (nSPS) is 22.0. The summed E-state index contributed by atoms with van der Waals surface area (Å²) in [6.45, 7) is 2.51. The molecule has 1 spiro atoms. The Balaban J connectivity index is 1.54. The summed E-state index contributed by atoms with van der Waals surface area (Å²) < 4.78 is 6.19. The summed E-state index contributed by atoms with van der Waals surface area (Å²) in [4.78, 5) is 22.3. The number of carbonyl (C=O) groups is 1. The summed E-state index contributed by atoms with van der Waals surface area (Å²) in [5.41, 5.74) is 8.01. The molecular weight excluding hydrogens is 340 g/mol. The maximum Gasteiger partial charge on any atom is 0.251 e. The van der Waals surface area contributed by atoms with E-state index in [-0.39, 0.29) is 0 Å². The van der Waals surface area contributed by atoms with Gasteiger partial charge in [-0.05, 0) is 36.1 Å². The van der Waals surface area contributed by atoms with Crippen LogP contribution in [0.3, 0.4) is 0 Å². The van der Waals surface area contributed by atoms with Crippen LogP contribution in [0, 0.1) is 0 Å². The number of rotatable bonds is 3. The fraction of sp³-hybridized carbons (Fsp3) is 0.389. The molecule has 2 aliphatic heterocycles. The van der Waals surface area contributed by atoms with Gasteiger partial charge in [0.25, 0.3) is 5.91 Å². The van der Waals surface area contributed by atoms with Gasteiger partial charge in [0, 0.05) is 42.6 Å². The Labute approximate surface area is 151 Å². The molecule has 0 bridgehead atoms. The van der Waals surface area contributed by atoms with E-state index in [2.05, 4.69) is 14.9 Å². The van der Waals surface area contributed by atoms with E-state index in [1.807, 2.05) is 24.5 Å². The van der Waals surface area contributed by atoms with Crippen molar-refractivity contribution in [2.45, 2.75) is 31.1 Å². The van der Waals surface area contributed by atoms with Crippen molar-refractivity contribution in [3.63, 3.8) is 0 Å². The maximum absolute atomic E-state index is 11.8. The molecule has 0 saturated carbocycles. The molecule has 130 valence electrons. The molecule has 1 saturated heterocycles. The van der Waals surface area contributed by atoms with Gasteiger partial charge in [0.15, 0.2) is 6.10 Å². The van der Waals surface area contributed by atoms with Gasteiger partial charge in [-0.2, -0.15) is 0 Å². The van der Waals surface area contributed by atoms with Crippen LogP contribution in [0.15, 0.2) is 36.9 Å². The third-order valence-electron chi connectivity index (χ3n) is 5.07. The molecule has 1 aromatic heterocycles. The van der Waals surface area contributed by atoms with Crippen LogP contribution < -0.4 is 5.73 Å². The first-order chi connectivity index (χ1) is 12.1. The first-order valence-electron chi connectivity index (χ1n) is 8.31. The van der Waals surface area contributed by atoms with E-state index < -0.39 is 17.6 Å². The number of nitrogens with two attached hydrogens (primary N) is 1. The molecule has 6 nitrogen and oxygen atoms in total. The summed E-state index contributed by atoms with van der Waals surface area (Å²) in [6.07, 6.45) is 6.09. The summed E-state index contributed by atoms with van der Waals surface area (Å²) in [7, 11) is 0. The number of halogens is 1. The molecule has 1 unspecified atom stereocenters. The van der Waals surface area contributed by atoms with Gasteiger partial charge in [-0.3, -0.25) is 9.69 Å². The highest BCUT2D eigenvalue weighted by Gasteiger charge is 2.48. The number of ether oxygens (including phenoxy) is 1. The number of aromatic nitrogens is 2. The molecule has 2 aliphatic rings. The lowest BCUT2D eigenvalue weighted by molar-refractivity contribution is -0.148. The average molecular weight is 359 g/mol. The van der Waals surface area contributed by atoms with Crippen molar-refractivity contribution < 1.29 is 9.53 Å². The van der Waals surface area contributed by atoms with Crippen molar-refractivity contribution in [2.24, 2.45) is 5.73 Å². The lowest BCUT2D eigenvalue weighted by Crippen LogP contribution is -2.42. The van der Waals surface area contributed by atoms with E-state index in [4.69, 9.17) is 22.1 Å². The highest BCUT2D eigenvalue weighted by Crippen LogP contribution is 2.50. The highest BCUT2D eigenvalue weighted by molar-refractivity contribution is 6.30. The van der Waals surface area contributed by atoms with Crippen LogP contribution in [0.5, 0.6) is 0 Å². The molecule has 25 heavy (non-hydrogen) atoms. The predicted molar refractivity (Wildman–Crippen MR) is 92.7 cm³/mol. The van der Waals surface area contributed by atoms with Crippen molar-refractivity contribution in [1.82, 2.24) is 14.9 Å². The van der Waals surface area contributed by atoms with Gasteiger partial charge < -0.3 is 10.5 Å². The van der Waals surface area contributed by atoms with Crippen molar-refractivity contribution in [3.05, 3.63) is 58.6 Å². The van der Waals surface area contributed by atoms with Crippen LogP contribution in [0.25, 0.3) is 0 Å². The molecule has 7 heteroatoms. The van der Waals surface area contributed by atoms with Gasteiger partial charge in [0.05, 0.1) is 5.60 Å². The monoisotopic (exact) mass is 358 g/mol. The molecule has 0 radical (unpaired) electrons. The number of benzene rings is 1. The molecule has 1 fully saturated rings. The predicted octanol–water partition coefficient (Wildman–Crippen LogP) is 2.18. The number of fused-ring (bicyclic) bond motifs is 2. The quantitative estimate of drug-likeness (QED) is 0.909. The molecule has 1 aromatic carbocycles. The van der Waals surface area contributed by atoms with Crippen molar-refractivity contribution in [2.75, 3.05) is 13.1 Å². The van der Waals surface area contributed by atoms with E-state index >= 15 is 0 Å². The van der Waals surface area contributed by atoms with E-state index in [0.29, 0.717) is 5.02 Å². The minimum atomic E-state index is -0.693. The second kappa shape index (κ2) is 6.37. The number of piperidine rings is 1. The lowest BCUT2D eigenvalue weighted by Gasteiger charge is -2.39. The van der Waals surface area contributed by atoms with E-state index in [1.54, 1.807) is 6.07 Å². The third kappa shape index (κ3) is 3.01. The largest absolute Gasteiger partial charge is 0.367 e. The number of carbonyl (C=O) groups excluding carboxylic acids is 1. The van der Waals surface area contributed by atoms with E-state index in [0.717, 1.165) is 49.2 Å². The lowest BCUT2D eigenvalue weighted by atomic mass is 9.83. The Kier molecular flexibility index (Phi) is 4.19. The topological polar surface area (TPSA) is 81.3 Å². The Morgan fingerprint density at radius 2 is 2.04 bits per heavy atom. The smallest absolute Gasteiger partial charge is 0.251 e. The number of amides is 1. The highest BCUT2D eigenvalue weighted by atomic mass is 35.5.